The smallest absolute Gasteiger partial charge is 0.271 e. The van der Waals surface area contributed by atoms with Crippen LogP contribution < -0.4 is 11.1 Å². The lowest BCUT2D eigenvalue weighted by Gasteiger charge is -2.10. The summed E-state index contributed by atoms with van der Waals surface area (Å²) in [6, 6.07) is 7.95. The zero-order valence-corrected chi connectivity index (χ0v) is 12.1. The SMILES string of the molecule is CNC(=O)c1ccn(-c2ccc(CC(C)N)c(C)c2)n1. The summed E-state index contributed by atoms with van der Waals surface area (Å²) in [6.07, 6.45) is 2.64. The highest BCUT2D eigenvalue weighted by molar-refractivity contribution is 5.91. The molecule has 0 saturated carbocycles. The molecule has 1 aromatic carbocycles. The number of carbonyl (C=O) groups excluding carboxylic acids is 1. The van der Waals surface area contributed by atoms with E-state index in [0.717, 1.165) is 12.1 Å². The molecule has 2 rings (SSSR count). The predicted octanol–water partition coefficient (Wildman–Crippen LogP) is 1.43. The van der Waals surface area contributed by atoms with Gasteiger partial charge in [0.1, 0.15) is 0 Å². The number of hydrogen-bond acceptors (Lipinski definition) is 3. The number of nitrogens with one attached hydrogen (secondary N) is 1. The van der Waals surface area contributed by atoms with Crippen LogP contribution in [0.2, 0.25) is 0 Å². The van der Waals surface area contributed by atoms with Gasteiger partial charge in [0.05, 0.1) is 5.69 Å². The molecule has 0 aliphatic carbocycles. The molecule has 3 N–H and O–H groups in total. The molecule has 0 aliphatic heterocycles. The molecule has 5 nitrogen and oxygen atoms in total. The molecule has 1 amide bonds. The van der Waals surface area contributed by atoms with Crippen LogP contribution in [0.15, 0.2) is 30.5 Å². The zero-order valence-electron chi connectivity index (χ0n) is 12.1. The van der Waals surface area contributed by atoms with Crippen LogP contribution in [0.3, 0.4) is 0 Å². The number of hydrogen-bond donors (Lipinski definition) is 2. The van der Waals surface area contributed by atoms with Crippen LogP contribution in [0, 0.1) is 6.92 Å². The minimum absolute atomic E-state index is 0.143. The predicted molar refractivity (Wildman–Crippen MR) is 79.0 cm³/mol. The second kappa shape index (κ2) is 5.88. The normalized spacial score (nSPS) is 12.2. The van der Waals surface area contributed by atoms with Crippen LogP contribution in [0.4, 0.5) is 0 Å². The summed E-state index contributed by atoms with van der Waals surface area (Å²) in [5, 5.41) is 6.82. The molecule has 1 atom stereocenters. The van der Waals surface area contributed by atoms with Gasteiger partial charge in [0.15, 0.2) is 5.69 Å². The van der Waals surface area contributed by atoms with Crippen LogP contribution in [0.1, 0.15) is 28.5 Å². The van der Waals surface area contributed by atoms with Crippen LogP contribution in [-0.4, -0.2) is 28.8 Å². The van der Waals surface area contributed by atoms with Gasteiger partial charge in [-0.1, -0.05) is 6.07 Å². The van der Waals surface area contributed by atoms with Crippen molar-refractivity contribution in [2.24, 2.45) is 5.73 Å². The molecule has 0 bridgehead atoms. The number of aromatic nitrogens is 2. The second-order valence-electron chi connectivity index (χ2n) is 5.02. The third kappa shape index (κ3) is 3.05. The number of aryl methyl sites for hydroxylation is 1. The topological polar surface area (TPSA) is 72.9 Å². The molecular weight excluding hydrogens is 252 g/mol. The highest BCUT2D eigenvalue weighted by atomic mass is 16.1. The maximum absolute atomic E-state index is 11.5. The largest absolute Gasteiger partial charge is 0.354 e. The Balaban J connectivity index is 2.27. The van der Waals surface area contributed by atoms with Crippen LogP contribution >= 0.6 is 0 Å². The van der Waals surface area contributed by atoms with Gasteiger partial charge in [-0.25, -0.2) is 4.68 Å². The Morgan fingerprint density at radius 2 is 2.20 bits per heavy atom. The summed E-state index contributed by atoms with van der Waals surface area (Å²) in [4.78, 5) is 11.5. The summed E-state index contributed by atoms with van der Waals surface area (Å²) in [5.74, 6) is -0.186. The van der Waals surface area contributed by atoms with Gasteiger partial charge in [0, 0.05) is 19.3 Å². The Hall–Kier alpha value is -2.14. The van der Waals surface area contributed by atoms with Gasteiger partial charge < -0.3 is 11.1 Å². The molecule has 20 heavy (non-hydrogen) atoms. The number of amides is 1. The maximum atomic E-state index is 11.5. The lowest BCUT2D eigenvalue weighted by atomic mass is 10.0. The number of benzene rings is 1. The number of rotatable bonds is 4. The fourth-order valence-electron chi connectivity index (χ4n) is 2.12. The molecule has 0 fully saturated rings. The molecule has 0 saturated heterocycles. The molecule has 1 heterocycles. The van der Waals surface area contributed by atoms with Gasteiger partial charge in [0.2, 0.25) is 0 Å². The van der Waals surface area contributed by atoms with E-state index in [1.165, 1.54) is 11.1 Å². The van der Waals surface area contributed by atoms with Crippen molar-refractivity contribution in [2.75, 3.05) is 7.05 Å². The Bertz CT molecular complexity index is 616. The van der Waals surface area contributed by atoms with E-state index < -0.39 is 0 Å². The lowest BCUT2D eigenvalue weighted by Crippen LogP contribution is -2.19. The van der Waals surface area contributed by atoms with Crippen molar-refractivity contribution in [3.8, 4) is 5.69 Å². The molecule has 0 spiro atoms. The Morgan fingerprint density at radius 1 is 1.45 bits per heavy atom. The molecule has 106 valence electrons. The fourth-order valence-corrected chi connectivity index (χ4v) is 2.12. The summed E-state index contributed by atoms with van der Waals surface area (Å²) in [6.45, 7) is 4.06. The number of nitrogens with zero attached hydrogens (tertiary/aromatic N) is 2. The number of nitrogens with two attached hydrogens (primary N) is 1. The summed E-state index contributed by atoms with van der Waals surface area (Å²) < 4.78 is 1.70. The molecule has 1 unspecified atom stereocenters. The van der Waals surface area contributed by atoms with E-state index in [9.17, 15) is 4.79 Å². The first-order valence-corrected chi connectivity index (χ1v) is 6.64. The van der Waals surface area contributed by atoms with E-state index >= 15 is 0 Å². The zero-order chi connectivity index (χ0) is 14.7. The molecule has 0 radical (unpaired) electrons. The first kappa shape index (κ1) is 14.3. The van der Waals surface area contributed by atoms with Gasteiger partial charge in [-0.15, -0.1) is 0 Å². The van der Waals surface area contributed by atoms with Crippen LogP contribution in [0.25, 0.3) is 5.69 Å². The van der Waals surface area contributed by atoms with Crippen molar-refractivity contribution < 1.29 is 4.79 Å². The van der Waals surface area contributed by atoms with E-state index in [1.807, 2.05) is 13.0 Å². The second-order valence-corrected chi connectivity index (χ2v) is 5.02. The summed E-state index contributed by atoms with van der Waals surface area (Å²) in [7, 11) is 1.59. The monoisotopic (exact) mass is 272 g/mol. The van der Waals surface area contributed by atoms with Crippen molar-refractivity contribution in [1.82, 2.24) is 15.1 Å². The standard InChI is InChI=1S/C15H20N4O/c1-10-8-13(5-4-12(10)9-11(2)16)19-7-6-14(18-19)15(20)17-3/h4-8,11H,9,16H2,1-3H3,(H,17,20). The molecule has 2 aromatic rings. The Kier molecular flexibility index (Phi) is 4.20. The highest BCUT2D eigenvalue weighted by Gasteiger charge is 2.09. The quantitative estimate of drug-likeness (QED) is 0.884. The third-order valence-corrected chi connectivity index (χ3v) is 3.18. The first-order valence-electron chi connectivity index (χ1n) is 6.64. The summed E-state index contributed by atoms with van der Waals surface area (Å²) >= 11 is 0. The average molecular weight is 272 g/mol. The van der Waals surface area contributed by atoms with Gasteiger partial charge in [-0.2, -0.15) is 5.10 Å². The van der Waals surface area contributed by atoms with E-state index in [1.54, 1.807) is 24.0 Å². The minimum Gasteiger partial charge on any atom is -0.354 e. The van der Waals surface area contributed by atoms with E-state index in [4.69, 9.17) is 5.73 Å². The first-order chi connectivity index (χ1) is 9.51. The van der Waals surface area contributed by atoms with E-state index in [2.05, 4.69) is 29.5 Å². The lowest BCUT2D eigenvalue weighted by molar-refractivity contribution is 0.0957. The maximum Gasteiger partial charge on any atom is 0.271 e. The molecule has 1 aromatic heterocycles. The van der Waals surface area contributed by atoms with Crippen molar-refractivity contribution in [2.45, 2.75) is 26.3 Å². The average Bonchev–Trinajstić information content (AvgIpc) is 2.89. The van der Waals surface area contributed by atoms with Gasteiger partial charge in [0.25, 0.3) is 5.91 Å². The van der Waals surface area contributed by atoms with Crippen LogP contribution in [0.5, 0.6) is 0 Å². The summed E-state index contributed by atoms with van der Waals surface area (Å²) in [5.41, 5.74) is 9.59. The van der Waals surface area contributed by atoms with Crippen molar-refractivity contribution in [3.05, 3.63) is 47.3 Å². The molecular formula is C15H20N4O. The van der Waals surface area contributed by atoms with E-state index in [0.29, 0.717) is 5.69 Å². The van der Waals surface area contributed by atoms with Crippen molar-refractivity contribution in [1.29, 1.82) is 0 Å². The molecule has 0 aliphatic rings. The number of carbonyl (C=O) groups is 1. The Labute approximate surface area is 118 Å². The van der Waals surface area contributed by atoms with Crippen molar-refractivity contribution in [3.63, 3.8) is 0 Å². The van der Waals surface area contributed by atoms with Gasteiger partial charge in [-0.3, -0.25) is 4.79 Å². The minimum atomic E-state index is -0.186. The van der Waals surface area contributed by atoms with Gasteiger partial charge in [-0.05, 0) is 49.6 Å². The fraction of sp³-hybridized carbons (Fsp3) is 0.333. The Morgan fingerprint density at radius 3 is 2.80 bits per heavy atom. The van der Waals surface area contributed by atoms with Gasteiger partial charge >= 0.3 is 0 Å². The highest BCUT2D eigenvalue weighted by Crippen LogP contribution is 2.16. The molecule has 5 heteroatoms. The van der Waals surface area contributed by atoms with Crippen LogP contribution in [-0.2, 0) is 6.42 Å². The van der Waals surface area contributed by atoms with Crippen molar-refractivity contribution >= 4 is 5.91 Å². The van der Waals surface area contributed by atoms with E-state index in [-0.39, 0.29) is 11.9 Å². The third-order valence-electron chi connectivity index (χ3n) is 3.18.